The lowest BCUT2D eigenvalue weighted by atomic mass is 10.3. The van der Waals surface area contributed by atoms with Gasteiger partial charge >= 0.3 is 0 Å². The molecule has 4 N–H and O–H groups in total. The van der Waals surface area contributed by atoms with E-state index in [1.807, 2.05) is 12.1 Å². The number of nitrogen functional groups attached to an aromatic ring is 2. The molecule has 0 saturated carbocycles. The summed E-state index contributed by atoms with van der Waals surface area (Å²) in [6.45, 7) is 0. The van der Waals surface area contributed by atoms with Gasteiger partial charge in [0.25, 0.3) is 0 Å². The molecule has 0 aliphatic heterocycles. The lowest BCUT2D eigenvalue weighted by Gasteiger charge is -2.01. The van der Waals surface area contributed by atoms with Crippen LogP contribution in [0, 0.1) is 7.14 Å². The Morgan fingerprint density at radius 1 is 0.900 bits per heavy atom. The molecule has 4 heteroatoms. The Labute approximate surface area is 86.6 Å². The lowest BCUT2D eigenvalue weighted by Crippen LogP contribution is -1.96. The minimum atomic E-state index is 0.657. The molecule has 1 aromatic rings. The molecule has 0 atom stereocenters. The topological polar surface area (TPSA) is 52.0 Å². The largest absolute Gasteiger partial charge is 0.397 e. The monoisotopic (exact) mass is 360 g/mol. The first kappa shape index (κ1) is 8.38. The number of rotatable bonds is 0. The van der Waals surface area contributed by atoms with Crippen LogP contribution in [0.15, 0.2) is 12.1 Å². The fourth-order valence-electron chi connectivity index (χ4n) is 0.578. The average Bonchev–Trinajstić information content (AvgIpc) is 1.84. The van der Waals surface area contributed by atoms with Gasteiger partial charge in [-0.05, 0) is 57.3 Å². The third-order valence-corrected chi connectivity index (χ3v) is 3.94. The van der Waals surface area contributed by atoms with Crippen molar-refractivity contribution in [1.82, 2.24) is 0 Å². The summed E-state index contributed by atoms with van der Waals surface area (Å²) < 4.78 is 2.29. The highest BCUT2D eigenvalue weighted by Crippen LogP contribution is 2.23. The molecular weight excluding hydrogens is 354 g/mol. The predicted octanol–water partition coefficient (Wildman–Crippen LogP) is 2.06. The zero-order chi connectivity index (χ0) is 7.72. The summed E-state index contributed by atoms with van der Waals surface area (Å²) in [6, 6.07) is 3.75. The number of halogens is 2. The summed E-state index contributed by atoms with van der Waals surface area (Å²) in [4.78, 5) is 0. The van der Waals surface area contributed by atoms with E-state index in [2.05, 4.69) is 45.2 Å². The first-order chi connectivity index (χ1) is 4.61. The minimum absolute atomic E-state index is 0.657. The average molecular weight is 360 g/mol. The molecule has 0 aliphatic rings. The third-order valence-electron chi connectivity index (χ3n) is 1.13. The molecule has 2 nitrogen and oxygen atoms in total. The van der Waals surface area contributed by atoms with Crippen LogP contribution < -0.4 is 11.5 Å². The third kappa shape index (κ3) is 1.66. The van der Waals surface area contributed by atoms with Gasteiger partial charge < -0.3 is 11.5 Å². The molecule has 0 radical (unpaired) electrons. The van der Waals surface area contributed by atoms with Gasteiger partial charge in [-0.3, -0.25) is 0 Å². The van der Waals surface area contributed by atoms with Crippen molar-refractivity contribution >= 4 is 56.6 Å². The van der Waals surface area contributed by atoms with Crippen LogP contribution in [0.25, 0.3) is 0 Å². The second-order valence-corrected chi connectivity index (χ2v) is 4.22. The first-order valence-corrected chi connectivity index (χ1v) is 4.77. The molecule has 0 fully saturated rings. The van der Waals surface area contributed by atoms with E-state index in [4.69, 9.17) is 11.5 Å². The van der Waals surface area contributed by atoms with E-state index in [0.717, 1.165) is 7.14 Å². The van der Waals surface area contributed by atoms with Gasteiger partial charge in [-0.2, -0.15) is 0 Å². The Morgan fingerprint density at radius 3 is 1.50 bits per heavy atom. The maximum absolute atomic E-state index is 5.56. The SMILES string of the molecule is Nc1cc(I)c(I)cc1N. The van der Waals surface area contributed by atoms with Crippen molar-refractivity contribution in [3.8, 4) is 0 Å². The van der Waals surface area contributed by atoms with Crippen LogP contribution in [0.4, 0.5) is 11.4 Å². The Kier molecular flexibility index (Phi) is 2.61. The Morgan fingerprint density at radius 2 is 1.20 bits per heavy atom. The molecule has 0 bridgehead atoms. The summed E-state index contributed by atoms with van der Waals surface area (Å²) >= 11 is 4.45. The quantitative estimate of drug-likeness (QED) is 0.550. The summed E-state index contributed by atoms with van der Waals surface area (Å²) in [5, 5.41) is 0. The normalized spacial score (nSPS) is 9.80. The predicted molar refractivity (Wildman–Crippen MR) is 60.7 cm³/mol. The number of hydrogen-bond donors (Lipinski definition) is 2. The highest BCUT2D eigenvalue weighted by atomic mass is 127. The van der Waals surface area contributed by atoms with Crippen LogP contribution in [-0.2, 0) is 0 Å². The van der Waals surface area contributed by atoms with E-state index in [0.29, 0.717) is 11.4 Å². The Hall–Kier alpha value is 0.280. The van der Waals surface area contributed by atoms with Crippen LogP contribution in [-0.4, -0.2) is 0 Å². The maximum Gasteiger partial charge on any atom is 0.0559 e. The molecule has 0 aromatic heterocycles. The van der Waals surface area contributed by atoms with Gasteiger partial charge in [0.15, 0.2) is 0 Å². The standard InChI is InChI=1S/C6H6I2N2/c7-3-1-5(9)6(10)2-4(3)8/h1-2H,9-10H2. The van der Waals surface area contributed by atoms with Gasteiger partial charge in [0.1, 0.15) is 0 Å². The van der Waals surface area contributed by atoms with E-state index in [-0.39, 0.29) is 0 Å². The number of anilines is 2. The molecule has 0 spiro atoms. The first-order valence-electron chi connectivity index (χ1n) is 2.61. The van der Waals surface area contributed by atoms with Gasteiger partial charge in [0.05, 0.1) is 11.4 Å². The van der Waals surface area contributed by atoms with Crippen molar-refractivity contribution in [3.05, 3.63) is 19.3 Å². The van der Waals surface area contributed by atoms with Gasteiger partial charge in [0, 0.05) is 7.14 Å². The van der Waals surface area contributed by atoms with E-state index in [9.17, 15) is 0 Å². The smallest absolute Gasteiger partial charge is 0.0559 e. The second kappa shape index (κ2) is 3.12. The van der Waals surface area contributed by atoms with Crippen LogP contribution in [0.1, 0.15) is 0 Å². The van der Waals surface area contributed by atoms with Crippen LogP contribution >= 0.6 is 45.2 Å². The number of nitrogens with two attached hydrogens (primary N) is 2. The van der Waals surface area contributed by atoms with E-state index < -0.39 is 0 Å². The van der Waals surface area contributed by atoms with Gasteiger partial charge in [-0.15, -0.1) is 0 Å². The molecule has 0 unspecified atom stereocenters. The maximum atomic E-state index is 5.56. The van der Waals surface area contributed by atoms with Crippen molar-refractivity contribution < 1.29 is 0 Å². The Bertz CT molecular complexity index is 210. The summed E-state index contributed by atoms with van der Waals surface area (Å²) in [5.41, 5.74) is 12.4. The molecule has 1 rings (SSSR count). The van der Waals surface area contributed by atoms with Crippen molar-refractivity contribution in [2.75, 3.05) is 11.5 Å². The fourth-order valence-corrected chi connectivity index (χ4v) is 1.56. The number of hydrogen-bond acceptors (Lipinski definition) is 2. The van der Waals surface area contributed by atoms with E-state index >= 15 is 0 Å². The van der Waals surface area contributed by atoms with Crippen molar-refractivity contribution in [1.29, 1.82) is 0 Å². The van der Waals surface area contributed by atoms with Crippen molar-refractivity contribution in [3.63, 3.8) is 0 Å². The van der Waals surface area contributed by atoms with E-state index in [1.54, 1.807) is 0 Å². The zero-order valence-electron chi connectivity index (χ0n) is 5.07. The van der Waals surface area contributed by atoms with Crippen molar-refractivity contribution in [2.24, 2.45) is 0 Å². The molecule has 0 amide bonds. The molecule has 0 aliphatic carbocycles. The molecule has 54 valence electrons. The zero-order valence-corrected chi connectivity index (χ0v) is 9.38. The molecule has 0 saturated heterocycles. The summed E-state index contributed by atoms with van der Waals surface area (Å²) in [6.07, 6.45) is 0. The highest BCUT2D eigenvalue weighted by molar-refractivity contribution is 14.1. The van der Waals surface area contributed by atoms with Gasteiger partial charge in [0.2, 0.25) is 0 Å². The Balaban J connectivity index is 3.28. The van der Waals surface area contributed by atoms with Crippen LogP contribution in [0.3, 0.4) is 0 Å². The van der Waals surface area contributed by atoms with E-state index in [1.165, 1.54) is 0 Å². The van der Waals surface area contributed by atoms with Gasteiger partial charge in [-0.25, -0.2) is 0 Å². The second-order valence-electron chi connectivity index (χ2n) is 1.90. The number of benzene rings is 1. The highest BCUT2D eigenvalue weighted by Gasteiger charge is 1.99. The lowest BCUT2D eigenvalue weighted by molar-refractivity contribution is 1.57. The molecular formula is C6H6I2N2. The minimum Gasteiger partial charge on any atom is -0.397 e. The summed E-state index contributed by atoms with van der Waals surface area (Å²) in [7, 11) is 0. The van der Waals surface area contributed by atoms with Crippen molar-refractivity contribution in [2.45, 2.75) is 0 Å². The van der Waals surface area contributed by atoms with Crippen LogP contribution in [0.5, 0.6) is 0 Å². The van der Waals surface area contributed by atoms with Crippen LogP contribution in [0.2, 0.25) is 0 Å². The molecule has 0 heterocycles. The molecule has 10 heavy (non-hydrogen) atoms. The molecule has 1 aromatic carbocycles. The summed E-state index contributed by atoms with van der Waals surface area (Å²) in [5.74, 6) is 0. The fraction of sp³-hybridized carbons (Fsp3) is 0. The van der Waals surface area contributed by atoms with Gasteiger partial charge in [-0.1, -0.05) is 0 Å².